The van der Waals surface area contributed by atoms with Gasteiger partial charge in [-0.1, -0.05) is 33.1 Å². The Morgan fingerprint density at radius 3 is 2.78 bits per heavy atom. The van der Waals surface area contributed by atoms with Crippen LogP contribution in [0.3, 0.4) is 0 Å². The second-order valence-corrected chi connectivity index (χ2v) is 4.49. The topological polar surface area (TPSA) is 62.2 Å². The van der Waals surface area contributed by atoms with E-state index in [0.717, 1.165) is 32.1 Å². The smallest absolute Gasteiger partial charge is 0.255 e. The number of pyridine rings is 1. The predicted octanol–water partition coefficient (Wildman–Crippen LogP) is 2.88. The maximum Gasteiger partial charge on any atom is 0.255 e. The normalized spacial score (nSPS) is 12.1. The van der Waals surface area contributed by atoms with Crippen LogP contribution in [0, 0.1) is 0 Å². The van der Waals surface area contributed by atoms with Crippen molar-refractivity contribution in [2.24, 2.45) is 0 Å². The van der Waals surface area contributed by atoms with Gasteiger partial charge in [-0.2, -0.15) is 0 Å². The molecular formula is C14H22N2O2. The molecule has 0 aliphatic rings. The van der Waals surface area contributed by atoms with Crippen LogP contribution in [0.5, 0.6) is 5.75 Å². The van der Waals surface area contributed by atoms with Crippen LogP contribution >= 0.6 is 0 Å². The zero-order valence-electron chi connectivity index (χ0n) is 11.1. The molecule has 1 heterocycles. The number of hydrogen-bond acceptors (Lipinski definition) is 3. The number of carbonyl (C=O) groups is 1. The molecule has 1 atom stereocenters. The van der Waals surface area contributed by atoms with Gasteiger partial charge in [0.2, 0.25) is 0 Å². The van der Waals surface area contributed by atoms with Crippen LogP contribution in [-0.2, 0) is 0 Å². The summed E-state index contributed by atoms with van der Waals surface area (Å²) >= 11 is 0. The van der Waals surface area contributed by atoms with Crippen molar-refractivity contribution < 1.29 is 9.90 Å². The van der Waals surface area contributed by atoms with Gasteiger partial charge in [-0.3, -0.25) is 9.78 Å². The fourth-order valence-electron chi connectivity index (χ4n) is 1.93. The number of aromatic nitrogens is 1. The first kappa shape index (κ1) is 14.5. The van der Waals surface area contributed by atoms with Crippen LogP contribution in [0.1, 0.15) is 56.3 Å². The summed E-state index contributed by atoms with van der Waals surface area (Å²) in [5.74, 6) is -0.287. The molecule has 2 N–H and O–H groups in total. The van der Waals surface area contributed by atoms with Crippen LogP contribution in [0.2, 0.25) is 0 Å². The Bertz CT molecular complexity index is 380. The van der Waals surface area contributed by atoms with Crippen molar-refractivity contribution >= 4 is 5.91 Å². The van der Waals surface area contributed by atoms with E-state index in [-0.39, 0.29) is 17.7 Å². The van der Waals surface area contributed by atoms with Crippen molar-refractivity contribution in [3.05, 3.63) is 24.0 Å². The van der Waals surface area contributed by atoms with Gasteiger partial charge in [0.05, 0.1) is 11.8 Å². The molecule has 100 valence electrons. The molecule has 1 amide bonds. The molecule has 0 radical (unpaired) electrons. The summed E-state index contributed by atoms with van der Waals surface area (Å²) in [6.07, 6.45) is 8.02. The van der Waals surface area contributed by atoms with Crippen LogP contribution in [0.25, 0.3) is 0 Å². The molecule has 0 bridgehead atoms. The summed E-state index contributed by atoms with van der Waals surface area (Å²) in [5.41, 5.74) is 0.294. The molecular weight excluding hydrogens is 228 g/mol. The van der Waals surface area contributed by atoms with E-state index in [1.54, 1.807) is 0 Å². The Morgan fingerprint density at radius 2 is 2.17 bits per heavy atom. The van der Waals surface area contributed by atoms with E-state index >= 15 is 0 Å². The summed E-state index contributed by atoms with van der Waals surface area (Å²) in [4.78, 5) is 15.8. The first-order valence-corrected chi connectivity index (χ1v) is 6.62. The average molecular weight is 250 g/mol. The van der Waals surface area contributed by atoms with Gasteiger partial charge >= 0.3 is 0 Å². The molecule has 0 spiro atoms. The summed E-state index contributed by atoms with van der Waals surface area (Å²) < 4.78 is 0. The molecule has 0 aliphatic heterocycles. The van der Waals surface area contributed by atoms with Gasteiger partial charge in [0.25, 0.3) is 5.91 Å². The molecule has 0 fully saturated rings. The molecule has 0 saturated carbocycles. The van der Waals surface area contributed by atoms with Crippen molar-refractivity contribution in [3.63, 3.8) is 0 Å². The van der Waals surface area contributed by atoms with Crippen molar-refractivity contribution in [3.8, 4) is 5.75 Å². The fourth-order valence-corrected chi connectivity index (χ4v) is 1.93. The van der Waals surface area contributed by atoms with E-state index < -0.39 is 0 Å². The van der Waals surface area contributed by atoms with Gasteiger partial charge in [-0.15, -0.1) is 0 Å². The third-order valence-electron chi connectivity index (χ3n) is 2.92. The molecule has 18 heavy (non-hydrogen) atoms. The van der Waals surface area contributed by atoms with E-state index in [1.165, 1.54) is 18.5 Å². The van der Waals surface area contributed by atoms with Crippen LogP contribution in [0.15, 0.2) is 18.5 Å². The highest BCUT2D eigenvalue weighted by molar-refractivity contribution is 5.96. The maximum atomic E-state index is 12.0. The van der Waals surface area contributed by atoms with E-state index in [0.29, 0.717) is 5.56 Å². The molecule has 0 aliphatic carbocycles. The summed E-state index contributed by atoms with van der Waals surface area (Å²) in [6.45, 7) is 4.24. The molecule has 0 saturated heterocycles. The highest BCUT2D eigenvalue weighted by Crippen LogP contribution is 2.15. The van der Waals surface area contributed by atoms with Crippen molar-refractivity contribution in [2.75, 3.05) is 0 Å². The largest absolute Gasteiger partial charge is 0.505 e. The summed E-state index contributed by atoms with van der Waals surface area (Å²) in [7, 11) is 0. The fraction of sp³-hybridized carbons (Fsp3) is 0.571. The molecule has 1 rings (SSSR count). The minimum atomic E-state index is -0.218. The van der Waals surface area contributed by atoms with Gasteiger partial charge < -0.3 is 10.4 Å². The van der Waals surface area contributed by atoms with Crippen LogP contribution in [0.4, 0.5) is 0 Å². The summed E-state index contributed by atoms with van der Waals surface area (Å²) in [5, 5.41) is 12.6. The van der Waals surface area contributed by atoms with Crippen LogP contribution < -0.4 is 5.32 Å². The van der Waals surface area contributed by atoms with E-state index in [2.05, 4.69) is 24.1 Å². The number of nitrogens with zero attached hydrogens (tertiary/aromatic N) is 1. The van der Waals surface area contributed by atoms with Gasteiger partial charge in [-0.25, -0.2) is 0 Å². The average Bonchev–Trinajstić information content (AvgIpc) is 2.36. The molecule has 4 heteroatoms. The van der Waals surface area contributed by atoms with Crippen molar-refractivity contribution in [1.29, 1.82) is 0 Å². The lowest BCUT2D eigenvalue weighted by Gasteiger charge is -2.18. The predicted molar refractivity (Wildman–Crippen MR) is 71.6 cm³/mol. The zero-order chi connectivity index (χ0) is 13.4. The number of unbranched alkanes of at least 4 members (excludes halogenated alkanes) is 1. The highest BCUT2D eigenvalue weighted by Gasteiger charge is 2.15. The second-order valence-electron chi connectivity index (χ2n) is 4.49. The van der Waals surface area contributed by atoms with Gasteiger partial charge in [0.1, 0.15) is 5.75 Å². The lowest BCUT2D eigenvalue weighted by Crippen LogP contribution is -2.34. The molecule has 1 aromatic rings. The number of nitrogens with one attached hydrogen (secondary N) is 1. The Labute approximate surface area is 108 Å². The summed E-state index contributed by atoms with van der Waals surface area (Å²) in [6, 6.07) is 1.73. The number of carbonyl (C=O) groups excluding carboxylic acids is 1. The number of amides is 1. The second kappa shape index (κ2) is 7.69. The van der Waals surface area contributed by atoms with E-state index in [1.807, 2.05) is 0 Å². The zero-order valence-corrected chi connectivity index (χ0v) is 11.1. The molecule has 0 aromatic carbocycles. The third-order valence-corrected chi connectivity index (χ3v) is 2.92. The van der Waals surface area contributed by atoms with E-state index in [4.69, 9.17) is 0 Å². The molecule has 1 aromatic heterocycles. The number of rotatable bonds is 7. The third kappa shape index (κ3) is 4.35. The Balaban J connectivity index is 2.63. The number of aromatic hydroxyl groups is 1. The molecule has 4 nitrogen and oxygen atoms in total. The van der Waals surface area contributed by atoms with Gasteiger partial charge in [-0.05, 0) is 18.9 Å². The standard InChI is InChI=1S/C14H22N2O2/c1-3-5-7-11(6-4-2)16-14(18)12-8-9-15-10-13(12)17/h8-11,17H,3-7H2,1-2H3,(H,16,18). The Morgan fingerprint density at radius 1 is 1.39 bits per heavy atom. The van der Waals surface area contributed by atoms with Crippen molar-refractivity contribution in [2.45, 2.75) is 52.0 Å². The lowest BCUT2D eigenvalue weighted by atomic mass is 10.0. The first-order chi connectivity index (χ1) is 8.69. The van der Waals surface area contributed by atoms with E-state index in [9.17, 15) is 9.90 Å². The van der Waals surface area contributed by atoms with Gasteiger partial charge in [0, 0.05) is 12.2 Å². The maximum absolute atomic E-state index is 12.0. The SMILES string of the molecule is CCCCC(CCC)NC(=O)c1ccncc1O. The Hall–Kier alpha value is -1.58. The van der Waals surface area contributed by atoms with Crippen LogP contribution in [-0.4, -0.2) is 22.0 Å². The lowest BCUT2D eigenvalue weighted by molar-refractivity contribution is 0.0929. The monoisotopic (exact) mass is 250 g/mol. The quantitative estimate of drug-likeness (QED) is 0.782. The first-order valence-electron chi connectivity index (χ1n) is 6.62. The van der Waals surface area contributed by atoms with Crippen molar-refractivity contribution in [1.82, 2.24) is 10.3 Å². The minimum absolute atomic E-state index is 0.0688. The minimum Gasteiger partial charge on any atom is -0.505 e. The molecule has 1 unspecified atom stereocenters. The highest BCUT2D eigenvalue weighted by atomic mass is 16.3. The van der Waals surface area contributed by atoms with Gasteiger partial charge in [0.15, 0.2) is 0 Å². The Kier molecular flexibility index (Phi) is 6.19. The number of hydrogen-bond donors (Lipinski definition) is 2.